The summed E-state index contributed by atoms with van der Waals surface area (Å²) in [5.74, 6) is 0.953. The highest BCUT2D eigenvalue weighted by Crippen LogP contribution is 2.24. The summed E-state index contributed by atoms with van der Waals surface area (Å²) in [6.45, 7) is 3.45. The molecule has 1 aliphatic heterocycles. The lowest BCUT2D eigenvalue weighted by Crippen LogP contribution is -2.24. The van der Waals surface area contributed by atoms with Crippen LogP contribution in [0.5, 0.6) is 0 Å². The van der Waals surface area contributed by atoms with E-state index in [0.29, 0.717) is 0 Å². The van der Waals surface area contributed by atoms with E-state index in [0.717, 1.165) is 33.4 Å². The molecule has 0 aliphatic carbocycles. The lowest BCUT2D eigenvalue weighted by Gasteiger charge is -2.15. The Morgan fingerprint density at radius 2 is 1.92 bits per heavy atom. The Morgan fingerprint density at radius 3 is 2.71 bits per heavy atom. The van der Waals surface area contributed by atoms with Crippen molar-refractivity contribution in [3.05, 3.63) is 52.1 Å². The first kappa shape index (κ1) is 15.9. The monoisotopic (exact) mass is 357 g/mol. The van der Waals surface area contributed by atoms with E-state index in [1.807, 2.05) is 41.8 Å². The van der Waals surface area contributed by atoms with Crippen LogP contribution >= 0.6 is 23.1 Å². The van der Waals surface area contributed by atoms with Crippen LogP contribution in [0.4, 0.5) is 0 Å². The normalized spacial score (nSPS) is 15.3. The summed E-state index contributed by atoms with van der Waals surface area (Å²) in [7, 11) is 0. The number of thioether (sulfide) groups is 1. The van der Waals surface area contributed by atoms with Crippen LogP contribution in [0.25, 0.3) is 15.9 Å². The molecule has 6 heteroatoms. The van der Waals surface area contributed by atoms with Gasteiger partial charge in [-0.3, -0.25) is 9.36 Å². The molecular formula is C18H19N3OS2. The van der Waals surface area contributed by atoms with E-state index in [4.69, 9.17) is 4.98 Å². The second-order valence-electron chi connectivity index (χ2n) is 5.90. The molecule has 124 valence electrons. The van der Waals surface area contributed by atoms with Crippen molar-refractivity contribution >= 4 is 33.3 Å². The predicted molar refractivity (Wildman–Crippen MR) is 102 cm³/mol. The van der Waals surface area contributed by atoms with Gasteiger partial charge in [0, 0.05) is 12.3 Å². The van der Waals surface area contributed by atoms with Gasteiger partial charge in [0.1, 0.15) is 4.70 Å². The lowest BCUT2D eigenvalue weighted by atomic mass is 10.3. The van der Waals surface area contributed by atoms with Crippen LogP contribution in [0.3, 0.4) is 0 Å². The largest absolute Gasteiger partial charge is 0.303 e. The van der Waals surface area contributed by atoms with E-state index >= 15 is 0 Å². The zero-order valence-electron chi connectivity index (χ0n) is 13.4. The number of fused-ring (bicyclic) bond motifs is 1. The fourth-order valence-corrected chi connectivity index (χ4v) is 4.84. The Kier molecular flexibility index (Phi) is 4.69. The summed E-state index contributed by atoms with van der Waals surface area (Å²) in [5, 5.41) is 2.73. The fourth-order valence-electron chi connectivity index (χ4n) is 3.07. The molecule has 0 N–H and O–H groups in total. The van der Waals surface area contributed by atoms with Gasteiger partial charge in [-0.1, -0.05) is 30.0 Å². The molecule has 3 aromatic rings. The third kappa shape index (κ3) is 3.14. The second kappa shape index (κ2) is 7.09. The Morgan fingerprint density at radius 1 is 1.12 bits per heavy atom. The van der Waals surface area contributed by atoms with Crippen LogP contribution in [0, 0.1) is 0 Å². The van der Waals surface area contributed by atoms with Crippen molar-refractivity contribution in [3.63, 3.8) is 0 Å². The molecule has 4 nitrogen and oxygen atoms in total. The smallest absolute Gasteiger partial charge is 0.276 e. The number of benzene rings is 1. The molecule has 0 unspecified atom stereocenters. The van der Waals surface area contributed by atoms with Crippen LogP contribution in [-0.4, -0.2) is 39.8 Å². The van der Waals surface area contributed by atoms with Gasteiger partial charge >= 0.3 is 0 Å². The molecule has 4 rings (SSSR count). The number of aromatic nitrogens is 2. The minimum absolute atomic E-state index is 0.0323. The van der Waals surface area contributed by atoms with Crippen LogP contribution in [0.1, 0.15) is 12.8 Å². The maximum Gasteiger partial charge on any atom is 0.276 e. The quantitative estimate of drug-likeness (QED) is 0.516. The Balaban J connectivity index is 1.68. The van der Waals surface area contributed by atoms with Gasteiger partial charge in [0.2, 0.25) is 0 Å². The summed E-state index contributed by atoms with van der Waals surface area (Å²) in [6.07, 6.45) is 2.61. The van der Waals surface area contributed by atoms with Gasteiger partial charge in [-0.2, -0.15) is 0 Å². The molecule has 0 radical (unpaired) electrons. The van der Waals surface area contributed by atoms with Crippen LogP contribution < -0.4 is 5.56 Å². The Hall–Kier alpha value is -1.63. The van der Waals surface area contributed by atoms with Gasteiger partial charge in [0.15, 0.2) is 5.16 Å². The number of hydrogen-bond donors (Lipinski definition) is 0. The molecule has 0 spiro atoms. The van der Waals surface area contributed by atoms with Gasteiger partial charge in [0.05, 0.1) is 11.2 Å². The first-order valence-corrected chi connectivity index (χ1v) is 10.1. The van der Waals surface area contributed by atoms with E-state index in [-0.39, 0.29) is 5.56 Å². The van der Waals surface area contributed by atoms with Crippen molar-refractivity contribution in [1.82, 2.24) is 14.5 Å². The predicted octanol–water partition coefficient (Wildman–Crippen LogP) is 3.64. The molecule has 24 heavy (non-hydrogen) atoms. The summed E-state index contributed by atoms with van der Waals surface area (Å²) < 4.78 is 2.48. The van der Waals surface area contributed by atoms with Crippen LogP contribution in [0.2, 0.25) is 0 Å². The minimum Gasteiger partial charge on any atom is -0.303 e. The van der Waals surface area contributed by atoms with Crippen molar-refractivity contribution in [2.24, 2.45) is 0 Å². The van der Waals surface area contributed by atoms with Crippen LogP contribution in [0.15, 0.2) is 51.7 Å². The molecular weight excluding hydrogens is 338 g/mol. The van der Waals surface area contributed by atoms with Crippen molar-refractivity contribution in [1.29, 1.82) is 0 Å². The molecule has 1 aliphatic rings. The second-order valence-corrected chi connectivity index (χ2v) is 7.88. The van der Waals surface area contributed by atoms with Gasteiger partial charge in [0.25, 0.3) is 5.56 Å². The molecule has 0 amide bonds. The Bertz CT molecular complexity index is 882. The summed E-state index contributed by atoms with van der Waals surface area (Å²) in [4.78, 5) is 20.2. The first-order valence-electron chi connectivity index (χ1n) is 8.24. The van der Waals surface area contributed by atoms with Gasteiger partial charge < -0.3 is 4.90 Å². The number of nitrogens with zero attached hydrogens (tertiary/aromatic N) is 3. The van der Waals surface area contributed by atoms with Crippen molar-refractivity contribution in [2.75, 3.05) is 25.4 Å². The molecule has 1 fully saturated rings. The fraction of sp³-hybridized carbons (Fsp3) is 0.333. The topological polar surface area (TPSA) is 38.1 Å². The standard InChI is InChI=1S/C18H19N3OS2/c22-17-16-15(8-12-23-16)19-18(21(17)14-6-2-1-3-7-14)24-13-11-20-9-4-5-10-20/h1-3,6-8,12H,4-5,9-11,13H2. The molecule has 3 heterocycles. The molecule has 0 saturated carbocycles. The molecule has 1 aromatic carbocycles. The number of para-hydroxylation sites is 1. The van der Waals surface area contributed by atoms with E-state index < -0.39 is 0 Å². The summed E-state index contributed by atoms with van der Waals surface area (Å²) in [5.41, 5.74) is 1.72. The molecule has 2 aromatic heterocycles. The number of hydrogen-bond acceptors (Lipinski definition) is 5. The van der Waals surface area contributed by atoms with Gasteiger partial charge in [-0.15, -0.1) is 11.3 Å². The Labute approximate surface area is 149 Å². The van der Waals surface area contributed by atoms with E-state index in [1.54, 1.807) is 16.3 Å². The zero-order chi connectivity index (χ0) is 16.4. The van der Waals surface area contributed by atoms with Crippen molar-refractivity contribution in [3.8, 4) is 5.69 Å². The maximum atomic E-state index is 12.9. The van der Waals surface area contributed by atoms with Crippen LogP contribution in [-0.2, 0) is 0 Å². The van der Waals surface area contributed by atoms with Crippen molar-refractivity contribution < 1.29 is 0 Å². The van der Waals surface area contributed by atoms with E-state index in [1.165, 1.54) is 37.3 Å². The average molecular weight is 358 g/mol. The lowest BCUT2D eigenvalue weighted by molar-refractivity contribution is 0.362. The molecule has 0 atom stereocenters. The summed E-state index contributed by atoms with van der Waals surface area (Å²) in [6, 6.07) is 11.7. The number of likely N-dealkylation sites (tertiary alicyclic amines) is 1. The number of rotatable bonds is 5. The van der Waals surface area contributed by atoms with E-state index in [2.05, 4.69) is 4.90 Å². The maximum absolute atomic E-state index is 12.9. The third-order valence-corrected chi connectivity index (χ3v) is 6.11. The van der Waals surface area contributed by atoms with Crippen molar-refractivity contribution in [2.45, 2.75) is 18.0 Å². The average Bonchev–Trinajstić information content (AvgIpc) is 3.27. The highest BCUT2D eigenvalue weighted by molar-refractivity contribution is 7.99. The highest BCUT2D eigenvalue weighted by atomic mass is 32.2. The number of thiophene rings is 1. The molecule has 1 saturated heterocycles. The third-order valence-electron chi connectivity index (χ3n) is 4.30. The van der Waals surface area contributed by atoms with E-state index in [9.17, 15) is 4.79 Å². The van der Waals surface area contributed by atoms with Gasteiger partial charge in [-0.05, 0) is 49.5 Å². The first-order chi connectivity index (χ1) is 11.8. The SMILES string of the molecule is O=c1c2sccc2nc(SCCN2CCCC2)n1-c1ccccc1. The zero-order valence-corrected chi connectivity index (χ0v) is 15.0. The molecule has 0 bridgehead atoms. The minimum atomic E-state index is 0.0323. The summed E-state index contributed by atoms with van der Waals surface area (Å²) >= 11 is 3.14. The highest BCUT2D eigenvalue weighted by Gasteiger charge is 2.15. The van der Waals surface area contributed by atoms with Gasteiger partial charge in [-0.25, -0.2) is 4.98 Å².